The molecule has 2 heteroatoms. The average molecular weight is 552 g/mol. The van der Waals surface area contributed by atoms with Gasteiger partial charge < -0.3 is 9.32 Å². The summed E-state index contributed by atoms with van der Waals surface area (Å²) >= 11 is 0. The van der Waals surface area contributed by atoms with Crippen LogP contribution < -0.4 is 4.90 Å². The van der Waals surface area contributed by atoms with Gasteiger partial charge in [0.05, 0.1) is 5.69 Å². The van der Waals surface area contributed by atoms with Crippen LogP contribution in [0.2, 0.25) is 0 Å². The van der Waals surface area contributed by atoms with E-state index in [1.54, 1.807) is 0 Å². The molecule has 1 aromatic heterocycles. The van der Waals surface area contributed by atoms with Gasteiger partial charge in [0, 0.05) is 27.6 Å². The lowest BCUT2D eigenvalue weighted by molar-refractivity contribution is 0.662. The molecule has 0 N–H and O–H groups in total. The molecule has 9 rings (SSSR count). The molecule has 7 aromatic carbocycles. The Balaban J connectivity index is 1.25. The molecule has 0 unspecified atom stereocenters. The molecule has 2 nitrogen and oxygen atoms in total. The van der Waals surface area contributed by atoms with E-state index in [2.05, 4.69) is 146 Å². The van der Waals surface area contributed by atoms with E-state index in [0.29, 0.717) is 0 Å². The van der Waals surface area contributed by atoms with E-state index in [1.807, 2.05) is 12.1 Å². The number of benzene rings is 7. The molecular weight excluding hydrogens is 522 g/mol. The number of rotatable bonds is 3. The van der Waals surface area contributed by atoms with Gasteiger partial charge in [0.1, 0.15) is 5.58 Å². The number of nitrogens with zero attached hydrogens (tertiary/aromatic N) is 1. The fourth-order valence-electron chi connectivity index (χ4n) is 7.20. The monoisotopic (exact) mass is 551 g/mol. The number of furan rings is 1. The van der Waals surface area contributed by atoms with Crippen molar-refractivity contribution < 1.29 is 4.42 Å². The van der Waals surface area contributed by atoms with Gasteiger partial charge in [0.2, 0.25) is 0 Å². The van der Waals surface area contributed by atoms with Gasteiger partial charge in [0.25, 0.3) is 0 Å². The third kappa shape index (κ3) is 3.53. The van der Waals surface area contributed by atoms with Crippen LogP contribution in [-0.2, 0) is 5.41 Å². The number of hydrogen-bond acceptors (Lipinski definition) is 2. The zero-order chi connectivity index (χ0) is 28.7. The first-order chi connectivity index (χ1) is 21.1. The van der Waals surface area contributed by atoms with Crippen molar-refractivity contribution in [3.05, 3.63) is 151 Å². The highest BCUT2D eigenvalue weighted by Crippen LogP contribution is 2.51. The smallest absolute Gasteiger partial charge is 0.159 e. The van der Waals surface area contributed by atoms with Gasteiger partial charge in [-0.3, -0.25) is 0 Å². The minimum absolute atomic E-state index is 0.0854. The SMILES string of the molecule is CC1(C)c2cc3ccccc3cc2-c2cc3ccc(N(c4ccccc4)c4cccc5c4oc4ccccc45)cc3cc21. The molecule has 0 atom stereocenters. The van der Waals surface area contributed by atoms with Crippen molar-refractivity contribution in [1.82, 2.24) is 0 Å². The van der Waals surface area contributed by atoms with Crippen molar-refractivity contribution in [3.8, 4) is 11.1 Å². The maximum Gasteiger partial charge on any atom is 0.159 e. The van der Waals surface area contributed by atoms with Gasteiger partial charge in [-0.15, -0.1) is 0 Å². The van der Waals surface area contributed by atoms with Crippen molar-refractivity contribution in [1.29, 1.82) is 0 Å². The molecule has 0 fully saturated rings. The van der Waals surface area contributed by atoms with E-state index >= 15 is 0 Å². The molecule has 204 valence electrons. The zero-order valence-electron chi connectivity index (χ0n) is 24.1. The first kappa shape index (κ1) is 24.3. The molecule has 0 saturated carbocycles. The highest BCUT2D eigenvalue weighted by Gasteiger charge is 2.36. The Bertz CT molecular complexity index is 2380. The maximum absolute atomic E-state index is 6.51. The topological polar surface area (TPSA) is 16.4 Å². The normalized spacial score (nSPS) is 13.5. The lowest BCUT2D eigenvalue weighted by atomic mass is 9.81. The van der Waals surface area contributed by atoms with Crippen molar-refractivity contribution in [2.45, 2.75) is 19.3 Å². The first-order valence-electron chi connectivity index (χ1n) is 14.9. The number of hydrogen-bond donors (Lipinski definition) is 0. The number of fused-ring (bicyclic) bond motifs is 8. The van der Waals surface area contributed by atoms with Crippen LogP contribution >= 0.6 is 0 Å². The standard InChI is InChI=1S/C41H29NO/c1-41(2)36-24-27-12-7-6-11-26(27)22-34(36)35-23-28-19-20-31(21-29(28)25-37(35)41)42(30-13-4-3-5-14-30)38-17-10-16-33-32-15-8-9-18-39(32)43-40(33)38/h3-25H,1-2H3. The Hall–Kier alpha value is -5.34. The van der Waals surface area contributed by atoms with E-state index in [9.17, 15) is 0 Å². The predicted octanol–water partition coefficient (Wildman–Crippen LogP) is 11.7. The van der Waals surface area contributed by atoms with Crippen molar-refractivity contribution in [3.63, 3.8) is 0 Å². The third-order valence-corrected chi connectivity index (χ3v) is 9.38. The van der Waals surface area contributed by atoms with Crippen LogP contribution in [0.1, 0.15) is 25.0 Å². The van der Waals surface area contributed by atoms with E-state index in [1.165, 1.54) is 43.8 Å². The maximum atomic E-state index is 6.51. The molecule has 1 aliphatic carbocycles. The summed E-state index contributed by atoms with van der Waals surface area (Å²) in [5, 5.41) is 7.33. The van der Waals surface area contributed by atoms with Gasteiger partial charge in [-0.05, 0) is 104 Å². The summed E-state index contributed by atoms with van der Waals surface area (Å²) in [6.07, 6.45) is 0. The van der Waals surface area contributed by atoms with Crippen molar-refractivity contribution in [2.24, 2.45) is 0 Å². The number of para-hydroxylation sites is 3. The van der Waals surface area contributed by atoms with Crippen LogP contribution in [0.25, 0.3) is 54.6 Å². The second-order valence-corrected chi connectivity index (χ2v) is 12.2. The van der Waals surface area contributed by atoms with Crippen LogP contribution in [-0.4, -0.2) is 0 Å². The van der Waals surface area contributed by atoms with Crippen molar-refractivity contribution >= 4 is 60.5 Å². The van der Waals surface area contributed by atoms with Gasteiger partial charge in [-0.25, -0.2) is 0 Å². The van der Waals surface area contributed by atoms with Crippen LogP contribution in [0.3, 0.4) is 0 Å². The highest BCUT2D eigenvalue weighted by atomic mass is 16.3. The van der Waals surface area contributed by atoms with Crippen LogP contribution in [0, 0.1) is 0 Å². The third-order valence-electron chi connectivity index (χ3n) is 9.38. The Kier molecular flexibility index (Phi) is 4.99. The minimum Gasteiger partial charge on any atom is -0.454 e. The minimum atomic E-state index is -0.0854. The lowest BCUT2D eigenvalue weighted by Crippen LogP contribution is -2.15. The summed E-state index contributed by atoms with van der Waals surface area (Å²) < 4.78 is 6.51. The summed E-state index contributed by atoms with van der Waals surface area (Å²) in [5.41, 5.74) is 10.4. The Morgan fingerprint density at radius 1 is 0.488 bits per heavy atom. The number of anilines is 3. The van der Waals surface area contributed by atoms with Gasteiger partial charge >= 0.3 is 0 Å². The molecule has 0 radical (unpaired) electrons. The molecule has 0 amide bonds. The molecule has 43 heavy (non-hydrogen) atoms. The largest absolute Gasteiger partial charge is 0.454 e. The molecule has 0 aliphatic heterocycles. The van der Waals surface area contributed by atoms with Crippen molar-refractivity contribution in [2.75, 3.05) is 4.90 Å². The Labute approximate surface area is 250 Å². The molecule has 1 heterocycles. The summed E-state index contributed by atoms with van der Waals surface area (Å²) in [7, 11) is 0. The second kappa shape index (κ2) is 8.83. The van der Waals surface area contributed by atoms with E-state index < -0.39 is 0 Å². The lowest BCUT2D eigenvalue weighted by Gasteiger charge is -2.26. The molecule has 0 bridgehead atoms. The quantitative estimate of drug-likeness (QED) is 0.217. The second-order valence-electron chi connectivity index (χ2n) is 12.2. The Morgan fingerprint density at radius 2 is 1.12 bits per heavy atom. The van der Waals surface area contributed by atoms with Gasteiger partial charge in [-0.2, -0.15) is 0 Å². The van der Waals surface area contributed by atoms with Crippen LogP contribution in [0.15, 0.2) is 144 Å². The van der Waals surface area contributed by atoms with E-state index in [-0.39, 0.29) is 5.41 Å². The van der Waals surface area contributed by atoms with E-state index in [4.69, 9.17) is 4.42 Å². The summed E-state index contributed by atoms with van der Waals surface area (Å²) in [5.74, 6) is 0. The first-order valence-corrected chi connectivity index (χ1v) is 14.9. The van der Waals surface area contributed by atoms with Gasteiger partial charge in [-0.1, -0.05) is 92.7 Å². The molecule has 0 saturated heterocycles. The summed E-state index contributed by atoms with van der Waals surface area (Å²) in [6, 6.07) is 50.4. The fourth-order valence-corrected chi connectivity index (χ4v) is 7.20. The van der Waals surface area contributed by atoms with Gasteiger partial charge in [0.15, 0.2) is 5.58 Å². The van der Waals surface area contributed by atoms with Crippen LogP contribution in [0.5, 0.6) is 0 Å². The highest BCUT2D eigenvalue weighted by molar-refractivity contribution is 6.10. The molecule has 1 aliphatic rings. The molecular formula is C41H29NO. The average Bonchev–Trinajstić information content (AvgIpc) is 3.52. The summed E-state index contributed by atoms with van der Waals surface area (Å²) in [4.78, 5) is 2.32. The molecule has 8 aromatic rings. The van der Waals surface area contributed by atoms with Crippen LogP contribution in [0.4, 0.5) is 17.1 Å². The molecule has 0 spiro atoms. The van der Waals surface area contributed by atoms with E-state index in [0.717, 1.165) is 39.0 Å². The zero-order valence-corrected chi connectivity index (χ0v) is 24.1. The predicted molar refractivity (Wildman–Crippen MR) is 181 cm³/mol. The fraction of sp³-hybridized carbons (Fsp3) is 0.0732. The summed E-state index contributed by atoms with van der Waals surface area (Å²) in [6.45, 7) is 4.72. The Morgan fingerprint density at radius 3 is 1.91 bits per heavy atom.